The summed E-state index contributed by atoms with van der Waals surface area (Å²) < 4.78 is 46.4. The fraction of sp³-hybridized carbons (Fsp3) is 0.500. The minimum atomic E-state index is -3.10. The zero-order chi connectivity index (χ0) is 28.3. The number of anilines is 1. The smallest absolute Gasteiger partial charge is 0.330 e. The van der Waals surface area contributed by atoms with Crippen LogP contribution in [0.15, 0.2) is 48.5 Å². The van der Waals surface area contributed by atoms with Crippen molar-refractivity contribution in [3.05, 3.63) is 59.7 Å². The molecular formula is C30H43NO7S. The number of nitrogens with one attached hydrogen (secondary N) is 1. The topological polar surface area (TPSA) is 100 Å². The zero-order valence-corrected chi connectivity index (χ0v) is 24.3. The maximum atomic E-state index is 12.0. The van der Waals surface area contributed by atoms with E-state index in [1.807, 2.05) is 56.3 Å². The third-order valence-electron chi connectivity index (χ3n) is 5.72. The molecule has 0 amide bonds. The van der Waals surface area contributed by atoms with E-state index in [9.17, 15) is 13.2 Å². The maximum absolute atomic E-state index is 12.0. The van der Waals surface area contributed by atoms with Gasteiger partial charge in [-0.05, 0) is 61.2 Å². The van der Waals surface area contributed by atoms with Gasteiger partial charge in [0.15, 0.2) is 21.3 Å². The molecule has 2 rings (SSSR count). The van der Waals surface area contributed by atoms with Crippen LogP contribution in [0, 0.1) is 0 Å². The van der Waals surface area contributed by atoms with Gasteiger partial charge in [-0.2, -0.15) is 0 Å². The molecule has 0 radical (unpaired) electrons. The molecule has 216 valence electrons. The van der Waals surface area contributed by atoms with Crippen molar-refractivity contribution in [3.8, 4) is 11.5 Å². The van der Waals surface area contributed by atoms with Gasteiger partial charge >= 0.3 is 5.97 Å². The molecule has 2 aromatic carbocycles. The van der Waals surface area contributed by atoms with Crippen molar-refractivity contribution < 1.29 is 32.2 Å². The van der Waals surface area contributed by atoms with Crippen LogP contribution in [0.3, 0.4) is 0 Å². The molecule has 2 aromatic rings. The van der Waals surface area contributed by atoms with Crippen LogP contribution in [0.5, 0.6) is 11.5 Å². The molecule has 1 N–H and O–H groups in total. The highest BCUT2D eigenvalue weighted by atomic mass is 32.2. The third-order valence-corrected chi connectivity index (χ3v) is 7.21. The Labute approximate surface area is 233 Å². The second kappa shape index (κ2) is 18.3. The summed E-state index contributed by atoms with van der Waals surface area (Å²) in [7, 11) is -3.10. The lowest BCUT2D eigenvalue weighted by molar-refractivity contribution is -0.139. The number of hydrogen-bond acceptors (Lipinski definition) is 8. The fourth-order valence-electron chi connectivity index (χ4n) is 3.44. The van der Waals surface area contributed by atoms with E-state index >= 15 is 0 Å². The number of carbonyl (C=O) groups excluding carboxylic acids is 1. The molecule has 0 aromatic heterocycles. The van der Waals surface area contributed by atoms with Gasteiger partial charge in [-0.3, -0.25) is 0 Å². The minimum absolute atomic E-state index is 0.0590. The van der Waals surface area contributed by atoms with Crippen LogP contribution in [0.4, 0.5) is 5.69 Å². The first-order chi connectivity index (χ1) is 18.9. The molecule has 0 atom stereocenters. The largest absolute Gasteiger partial charge is 0.490 e. The van der Waals surface area contributed by atoms with Gasteiger partial charge in [-0.1, -0.05) is 44.9 Å². The van der Waals surface area contributed by atoms with Crippen LogP contribution in [0.25, 0.3) is 6.08 Å². The molecular weight excluding hydrogens is 518 g/mol. The van der Waals surface area contributed by atoms with E-state index in [1.165, 1.54) is 6.08 Å². The fourth-order valence-corrected chi connectivity index (χ4v) is 4.70. The second-order valence-corrected chi connectivity index (χ2v) is 11.2. The van der Waals surface area contributed by atoms with Crippen molar-refractivity contribution in [1.29, 1.82) is 0 Å². The van der Waals surface area contributed by atoms with Crippen LogP contribution in [-0.4, -0.2) is 59.1 Å². The average molecular weight is 562 g/mol. The zero-order valence-electron chi connectivity index (χ0n) is 23.4. The molecule has 0 aliphatic heterocycles. The standard InChI is InChI=1S/C30H43NO7S/c1-4-7-18-36-29-23-26(12-16-30(32)38-21-20-35-6-3)11-15-28(29)37-19-17-25-9-13-27(14-10-25)31-24-39(33,34)22-8-5-2/h9-16,23,31H,4-8,17-22,24H2,1-3H3. The van der Waals surface area contributed by atoms with E-state index in [4.69, 9.17) is 18.9 Å². The highest BCUT2D eigenvalue weighted by molar-refractivity contribution is 7.91. The van der Waals surface area contributed by atoms with Gasteiger partial charge in [0, 0.05) is 24.8 Å². The summed E-state index contributed by atoms with van der Waals surface area (Å²) >= 11 is 0. The van der Waals surface area contributed by atoms with Gasteiger partial charge in [0.1, 0.15) is 12.5 Å². The second-order valence-electron chi connectivity index (χ2n) is 9.02. The van der Waals surface area contributed by atoms with Crippen molar-refractivity contribution >= 4 is 27.6 Å². The monoisotopic (exact) mass is 561 g/mol. The number of hydrogen-bond donors (Lipinski definition) is 1. The van der Waals surface area contributed by atoms with E-state index < -0.39 is 15.8 Å². The lowest BCUT2D eigenvalue weighted by Crippen LogP contribution is -2.17. The number of carbonyl (C=O) groups is 1. The van der Waals surface area contributed by atoms with Gasteiger partial charge in [0.2, 0.25) is 0 Å². The number of sulfone groups is 1. The molecule has 39 heavy (non-hydrogen) atoms. The van der Waals surface area contributed by atoms with Gasteiger partial charge < -0.3 is 24.3 Å². The lowest BCUT2D eigenvalue weighted by Gasteiger charge is -2.14. The molecule has 0 aliphatic carbocycles. The molecule has 0 saturated carbocycles. The van der Waals surface area contributed by atoms with Gasteiger partial charge in [0.25, 0.3) is 0 Å². The number of ether oxygens (including phenoxy) is 4. The van der Waals surface area contributed by atoms with Crippen LogP contribution in [0.2, 0.25) is 0 Å². The number of esters is 1. The van der Waals surface area contributed by atoms with Crippen molar-refractivity contribution in [2.24, 2.45) is 0 Å². The highest BCUT2D eigenvalue weighted by Crippen LogP contribution is 2.29. The van der Waals surface area contributed by atoms with Crippen LogP contribution in [0.1, 0.15) is 57.6 Å². The summed E-state index contributed by atoms with van der Waals surface area (Å²) in [6, 6.07) is 13.2. The van der Waals surface area contributed by atoms with E-state index in [0.29, 0.717) is 50.8 Å². The predicted molar refractivity (Wildman–Crippen MR) is 156 cm³/mol. The quantitative estimate of drug-likeness (QED) is 0.126. The predicted octanol–water partition coefficient (Wildman–Crippen LogP) is 5.66. The Balaban J connectivity index is 1.91. The van der Waals surface area contributed by atoms with Gasteiger partial charge in [-0.25, -0.2) is 13.2 Å². The van der Waals surface area contributed by atoms with Crippen molar-refractivity contribution in [2.45, 2.75) is 52.9 Å². The number of benzene rings is 2. The molecule has 0 fully saturated rings. The van der Waals surface area contributed by atoms with Crippen LogP contribution >= 0.6 is 0 Å². The van der Waals surface area contributed by atoms with Crippen LogP contribution in [-0.2, 0) is 30.5 Å². The summed E-state index contributed by atoms with van der Waals surface area (Å²) in [4.78, 5) is 11.9. The van der Waals surface area contributed by atoms with Gasteiger partial charge in [-0.15, -0.1) is 0 Å². The summed E-state index contributed by atoms with van der Waals surface area (Å²) in [5.74, 6) is 0.978. The summed E-state index contributed by atoms with van der Waals surface area (Å²) in [5.41, 5.74) is 2.65. The normalized spacial score (nSPS) is 11.5. The molecule has 0 saturated heterocycles. The lowest BCUT2D eigenvalue weighted by atomic mass is 10.1. The highest BCUT2D eigenvalue weighted by Gasteiger charge is 2.10. The number of unbranched alkanes of at least 4 members (excludes halogenated alkanes) is 2. The summed E-state index contributed by atoms with van der Waals surface area (Å²) in [6.45, 7) is 8.16. The summed E-state index contributed by atoms with van der Waals surface area (Å²) in [5, 5.41) is 3.00. The van der Waals surface area contributed by atoms with E-state index in [1.54, 1.807) is 6.08 Å². The van der Waals surface area contributed by atoms with Crippen molar-refractivity contribution in [1.82, 2.24) is 0 Å². The third kappa shape index (κ3) is 13.5. The molecule has 0 spiro atoms. The molecule has 0 aliphatic rings. The van der Waals surface area contributed by atoms with Crippen LogP contribution < -0.4 is 14.8 Å². The van der Waals surface area contributed by atoms with E-state index in [-0.39, 0.29) is 18.2 Å². The first-order valence-electron chi connectivity index (χ1n) is 13.7. The van der Waals surface area contributed by atoms with Crippen molar-refractivity contribution in [2.75, 3.05) is 50.0 Å². The first kappa shape index (κ1) is 32.2. The Morgan fingerprint density at radius 1 is 0.872 bits per heavy atom. The molecule has 0 heterocycles. The molecule has 9 heteroatoms. The summed E-state index contributed by atoms with van der Waals surface area (Å²) in [6.07, 6.45) is 7.22. The SMILES string of the molecule is CCCCOc1cc(C=CC(=O)OCCOCC)ccc1OCCc1ccc(NCS(=O)(=O)CCCC)cc1. The first-order valence-corrected chi connectivity index (χ1v) is 15.5. The average Bonchev–Trinajstić information content (AvgIpc) is 2.94. The minimum Gasteiger partial charge on any atom is -0.490 e. The Hall–Kier alpha value is -3.04. The van der Waals surface area contributed by atoms with Gasteiger partial charge in [0.05, 0.1) is 25.6 Å². The Kier molecular flexibility index (Phi) is 15.1. The van der Waals surface area contributed by atoms with Crippen molar-refractivity contribution in [3.63, 3.8) is 0 Å². The van der Waals surface area contributed by atoms with E-state index in [2.05, 4.69) is 12.2 Å². The molecule has 0 unspecified atom stereocenters. The molecule has 8 nitrogen and oxygen atoms in total. The Bertz CT molecular complexity index is 1110. The maximum Gasteiger partial charge on any atom is 0.330 e. The Morgan fingerprint density at radius 3 is 2.33 bits per heavy atom. The Morgan fingerprint density at radius 2 is 1.62 bits per heavy atom. The number of rotatable bonds is 20. The molecule has 0 bridgehead atoms. The van der Waals surface area contributed by atoms with E-state index in [0.717, 1.165) is 36.1 Å².